The second-order valence-electron chi connectivity index (χ2n) is 4.86. The summed E-state index contributed by atoms with van der Waals surface area (Å²) in [4.78, 5) is 12.8. The number of nitrogens with one attached hydrogen (secondary N) is 1. The van der Waals surface area contributed by atoms with Gasteiger partial charge in [0.1, 0.15) is 4.88 Å². The first-order valence-electron chi connectivity index (χ1n) is 6.45. The van der Waals surface area contributed by atoms with Gasteiger partial charge >= 0.3 is 0 Å². The van der Waals surface area contributed by atoms with Gasteiger partial charge in [-0.3, -0.25) is 4.79 Å². The maximum atomic E-state index is 12.2. The average Bonchev–Trinajstić information content (AvgIpc) is 2.88. The number of aliphatic hydroxyl groups excluding tert-OH is 1. The number of hydrogen-bond donors (Lipinski definition) is 2. The summed E-state index contributed by atoms with van der Waals surface area (Å²) < 4.78 is 3.82. The SMILES string of the molecule is CCc1nnsc1C(=O)NC1(CO)CCCCC1. The molecule has 0 atom stereocenters. The largest absolute Gasteiger partial charge is 0.394 e. The highest BCUT2D eigenvalue weighted by Crippen LogP contribution is 2.28. The van der Waals surface area contributed by atoms with Crippen LogP contribution < -0.4 is 5.32 Å². The van der Waals surface area contributed by atoms with Gasteiger partial charge in [-0.25, -0.2) is 0 Å². The van der Waals surface area contributed by atoms with Crippen molar-refractivity contribution in [1.82, 2.24) is 14.9 Å². The van der Waals surface area contributed by atoms with Gasteiger partial charge in [0, 0.05) is 0 Å². The molecule has 100 valence electrons. The smallest absolute Gasteiger partial charge is 0.265 e. The number of carbonyl (C=O) groups excluding carboxylic acids is 1. The summed E-state index contributed by atoms with van der Waals surface area (Å²) in [7, 11) is 0. The van der Waals surface area contributed by atoms with E-state index in [0.29, 0.717) is 11.3 Å². The second kappa shape index (κ2) is 5.75. The third-order valence-corrected chi connectivity index (χ3v) is 4.36. The van der Waals surface area contributed by atoms with E-state index in [1.165, 1.54) is 6.42 Å². The van der Waals surface area contributed by atoms with Gasteiger partial charge < -0.3 is 10.4 Å². The average molecular weight is 269 g/mol. The standard InChI is InChI=1S/C12H19N3O2S/c1-2-9-10(18-15-14-9)11(17)13-12(8-16)6-4-3-5-7-12/h16H,2-8H2,1H3,(H,13,17). The van der Waals surface area contributed by atoms with Gasteiger partial charge in [-0.2, -0.15) is 0 Å². The quantitative estimate of drug-likeness (QED) is 0.869. The van der Waals surface area contributed by atoms with E-state index in [2.05, 4.69) is 14.9 Å². The van der Waals surface area contributed by atoms with Crippen LogP contribution >= 0.6 is 11.5 Å². The molecule has 0 saturated heterocycles. The van der Waals surface area contributed by atoms with Gasteiger partial charge in [0.2, 0.25) is 0 Å². The number of aliphatic hydroxyl groups is 1. The molecule has 0 unspecified atom stereocenters. The fourth-order valence-electron chi connectivity index (χ4n) is 2.46. The van der Waals surface area contributed by atoms with Gasteiger partial charge in [0.05, 0.1) is 17.8 Å². The van der Waals surface area contributed by atoms with Crippen molar-refractivity contribution in [2.75, 3.05) is 6.61 Å². The highest BCUT2D eigenvalue weighted by atomic mass is 32.1. The van der Waals surface area contributed by atoms with Crippen molar-refractivity contribution in [2.24, 2.45) is 0 Å². The lowest BCUT2D eigenvalue weighted by atomic mass is 9.82. The molecule has 6 heteroatoms. The van der Waals surface area contributed by atoms with Gasteiger partial charge in [0.15, 0.2) is 0 Å². The third-order valence-electron chi connectivity index (χ3n) is 3.59. The van der Waals surface area contributed by atoms with Crippen LogP contribution in [0.15, 0.2) is 0 Å². The third kappa shape index (κ3) is 2.70. The van der Waals surface area contributed by atoms with Crippen LogP contribution in [-0.4, -0.2) is 32.7 Å². The molecule has 1 saturated carbocycles. The Bertz CT molecular complexity index is 413. The van der Waals surface area contributed by atoms with E-state index in [1.807, 2.05) is 6.92 Å². The van der Waals surface area contributed by atoms with Crippen molar-refractivity contribution in [2.45, 2.75) is 51.0 Å². The maximum Gasteiger partial charge on any atom is 0.265 e. The summed E-state index contributed by atoms with van der Waals surface area (Å²) in [5.74, 6) is -0.141. The molecule has 2 rings (SSSR count). The van der Waals surface area contributed by atoms with Crippen molar-refractivity contribution < 1.29 is 9.90 Å². The zero-order valence-electron chi connectivity index (χ0n) is 10.6. The first-order valence-corrected chi connectivity index (χ1v) is 7.23. The molecular formula is C12H19N3O2S. The second-order valence-corrected chi connectivity index (χ2v) is 5.61. The molecule has 0 bridgehead atoms. The minimum absolute atomic E-state index is 0.00638. The first kappa shape index (κ1) is 13.4. The lowest BCUT2D eigenvalue weighted by Crippen LogP contribution is -2.52. The van der Waals surface area contributed by atoms with Gasteiger partial charge in [-0.05, 0) is 30.8 Å². The molecule has 2 N–H and O–H groups in total. The molecule has 0 aliphatic heterocycles. The highest BCUT2D eigenvalue weighted by Gasteiger charge is 2.34. The molecule has 18 heavy (non-hydrogen) atoms. The molecule has 1 aliphatic rings. The summed E-state index contributed by atoms with van der Waals surface area (Å²) in [6.07, 6.45) is 5.70. The number of carbonyl (C=O) groups is 1. The van der Waals surface area contributed by atoms with Crippen molar-refractivity contribution in [3.63, 3.8) is 0 Å². The molecule has 1 aromatic heterocycles. The van der Waals surface area contributed by atoms with Crippen LogP contribution in [0.3, 0.4) is 0 Å². The van der Waals surface area contributed by atoms with Crippen LogP contribution in [0.1, 0.15) is 54.4 Å². The van der Waals surface area contributed by atoms with E-state index in [1.54, 1.807) is 0 Å². The number of aryl methyl sites for hydroxylation is 1. The zero-order chi connectivity index (χ0) is 13.0. The molecule has 0 aromatic carbocycles. The number of amides is 1. The molecule has 1 aromatic rings. The van der Waals surface area contributed by atoms with Crippen LogP contribution in [0.4, 0.5) is 0 Å². The molecular weight excluding hydrogens is 250 g/mol. The van der Waals surface area contributed by atoms with Crippen molar-refractivity contribution >= 4 is 17.4 Å². The van der Waals surface area contributed by atoms with E-state index in [0.717, 1.165) is 42.9 Å². The summed E-state index contributed by atoms with van der Waals surface area (Å²) >= 11 is 1.13. The topological polar surface area (TPSA) is 75.1 Å². The summed E-state index contributed by atoms with van der Waals surface area (Å²) in [6, 6.07) is 0. The summed E-state index contributed by atoms with van der Waals surface area (Å²) in [6.45, 7) is 1.96. The predicted molar refractivity (Wildman–Crippen MR) is 69.7 cm³/mol. The molecule has 1 aliphatic carbocycles. The fourth-order valence-corrected chi connectivity index (χ4v) is 3.11. The van der Waals surface area contributed by atoms with Crippen molar-refractivity contribution in [3.05, 3.63) is 10.6 Å². The van der Waals surface area contributed by atoms with Crippen LogP contribution in [0, 0.1) is 0 Å². The molecule has 0 spiro atoms. The van der Waals surface area contributed by atoms with Gasteiger partial charge in [-0.1, -0.05) is 30.7 Å². The van der Waals surface area contributed by atoms with Crippen molar-refractivity contribution in [3.8, 4) is 0 Å². The number of nitrogens with zero attached hydrogens (tertiary/aromatic N) is 2. The molecule has 0 radical (unpaired) electrons. The Balaban J connectivity index is 2.10. The Morgan fingerprint density at radius 1 is 1.44 bits per heavy atom. The molecule has 1 fully saturated rings. The van der Waals surface area contributed by atoms with E-state index in [-0.39, 0.29) is 12.5 Å². The van der Waals surface area contributed by atoms with Crippen LogP contribution in [-0.2, 0) is 6.42 Å². The van der Waals surface area contributed by atoms with Crippen LogP contribution in [0.25, 0.3) is 0 Å². The van der Waals surface area contributed by atoms with E-state index in [4.69, 9.17) is 0 Å². The Morgan fingerprint density at radius 3 is 2.78 bits per heavy atom. The lowest BCUT2D eigenvalue weighted by Gasteiger charge is -2.36. The minimum atomic E-state index is -0.440. The Kier molecular flexibility index (Phi) is 4.29. The normalized spacial score (nSPS) is 18.6. The molecule has 5 nitrogen and oxygen atoms in total. The zero-order valence-corrected chi connectivity index (χ0v) is 11.4. The molecule has 1 heterocycles. The summed E-state index contributed by atoms with van der Waals surface area (Å²) in [5.41, 5.74) is 0.297. The highest BCUT2D eigenvalue weighted by molar-refractivity contribution is 7.08. The van der Waals surface area contributed by atoms with Gasteiger partial charge in [-0.15, -0.1) is 5.10 Å². The van der Waals surface area contributed by atoms with Crippen LogP contribution in [0.5, 0.6) is 0 Å². The van der Waals surface area contributed by atoms with Gasteiger partial charge in [0.25, 0.3) is 5.91 Å². The maximum absolute atomic E-state index is 12.2. The van der Waals surface area contributed by atoms with E-state index >= 15 is 0 Å². The Hall–Kier alpha value is -1.01. The number of hydrogen-bond acceptors (Lipinski definition) is 5. The number of aromatic nitrogens is 2. The minimum Gasteiger partial charge on any atom is -0.394 e. The van der Waals surface area contributed by atoms with Crippen LogP contribution in [0.2, 0.25) is 0 Å². The predicted octanol–water partition coefficient (Wildman–Crippen LogP) is 1.53. The van der Waals surface area contributed by atoms with E-state index < -0.39 is 5.54 Å². The monoisotopic (exact) mass is 269 g/mol. The number of rotatable bonds is 4. The fraction of sp³-hybridized carbons (Fsp3) is 0.750. The lowest BCUT2D eigenvalue weighted by molar-refractivity contribution is 0.0761. The first-order chi connectivity index (χ1) is 8.71. The Morgan fingerprint density at radius 2 is 2.17 bits per heavy atom. The van der Waals surface area contributed by atoms with Crippen molar-refractivity contribution in [1.29, 1.82) is 0 Å². The summed E-state index contributed by atoms with van der Waals surface area (Å²) in [5, 5.41) is 16.5. The molecule has 1 amide bonds. The van der Waals surface area contributed by atoms with E-state index in [9.17, 15) is 9.90 Å². The Labute approximate surface area is 111 Å².